The van der Waals surface area contributed by atoms with Crippen LogP contribution in [-0.4, -0.2) is 28.1 Å². The summed E-state index contributed by atoms with van der Waals surface area (Å²) in [5.41, 5.74) is 1.70. The van der Waals surface area contributed by atoms with Crippen molar-refractivity contribution < 1.29 is 4.74 Å². The van der Waals surface area contributed by atoms with Crippen LogP contribution >= 0.6 is 0 Å². The Hall–Kier alpha value is -2.17. The molecule has 0 fully saturated rings. The molecule has 2 heterocycles. The van der Waals surface area contributed by atoms with Crippen LogP contribution in [-0.2, 0) is 0 Å². The Morgan fingerprint density at radius 1 is 1.05 bits per heavy atom. The predicted octanol–water partition coefficient (Wildman–Crippen LogP) is 3.15. The van der Waals surface area contributed by atoms with Gasteiger partial charge in [0.05, 0.1) is 30.9 Å². The number of nitrogens with one attached hydrogen (secondary N) is 1. The van der Waals surface area contributed by atoms with Gasteiger partial charge in [0.2, 0.25) is 0 Å². The van der Waals surface area contributed by atoms with E-state index in [1.165, 1.54) is 0 Å². The van der Waals surface area contributed by atoms with E-state index in [9.17, 15) is 0 Å². The van der Waals surface area contributed by atoms with Crippen molar-refractivity contribution in [1.29, 1.82) is 0 Å². The van der Waals surface area contributed by atoms with Gasteiger partial charge in [0.25, 0.3) is 0 Å². The molecule has 0 aromatic carbocycles. The van der Waals surface area contributed by atoms with Gasteiger partial charge >= 0.3 is 0 Å². The van der Waals surface area contributed by atoms with Crippen LogP contribution in [0.15, 0.2) is 30.9 Å². The molecule has 20 heavy (non-hydrogen) atoms. The zero-order valence-corrected chi connectivity index (χ0v) is 12.0. The molecule has 0 amide bonds. The molecule has 2 rings (SSSR count). The Labute approximate surface area is 119 Å². The van der Waals surface area contributed by atoms with E-state index in [2.05, 4.69) is 34.1 Å². The number of rotatable bonds is 7. The van der Waals surface area contributed by atoms with Gasteiger partial charge in [-0.2, -0.15) is 0 Å². The van der Waals surface area contributed by atoms with Crippen LogP contribution in [0.3, 0.4) is 0 Å². The highest BCUT2D eigenvalue weighted by atomic mass is 16.5. The summed E-state index contributed by atoms with van der Waals surface area (Å²) >= 11 is 0. The first-order valence-corrected chi connectivity index (χ1v) is 6.97. The van der Waals surface area contributed by atoms with Gasteiger partial charge < -0.3 is 10.1 Å². The highest BCUT2D eigenvalue weighted by Crippen LogP contribution is 2.21. The molecule has 106 valence electrons. The normalized spacial score (nSPS) is 10.3. The number of pyridine rings is 1. The van der Waals surface area contributed by atoms with E-state index in [0.29, 0.717) is 6.61 Å². The van der Waals surface area contributed by atoms with Crippen molar-refractivity contribution in [2.45, 2.75) is 26.7 Å². The monoisotopic (exact) mass is 272 g/mol. The summed E-state index contributed by atoms with van der Waals surface area (Å²) in [7, 11) is 0. The summed E-state index contributed by atoms with van der Waals surface area (Å²) < 4.78 is 5.59. The Bertz CT molecular complexity index is 495. The molecule has 2 aromatic heterocycles. The first kappa shape index (κ1) is 14.2. The lowest BCUT2D eigenvalue weighted by Crippen LogP contribution is -2.03. The van der Waals surface area contributed by atoms with Gasteiger partial charge in [-0.15, -0.1) is 0 Å². The third-order valence-electron chi connectivity index (χ3n) is 2.67. The number of anilines is 1. The second kappa shape index (κ2) is 7.43. The highest BCUT2D eigenvalue weighted by molar-refractivity contribution is 5.60. The molecule has 0 saturated heterocycles. The summed E-state index contributed by atoms with van der Waals surface area (Å²) in [5.74, 6) is 1.54. The van der Waals surface area contributed by atoms with Gasteiger partial charge in [0, 0.05) is 18.3 Å². The van der Waals surface area contributed by atoms with Crippen molar-refractivity contribution in [3.63, 3.8) is 0 Å². The van der Waals surface area contributed by atoms with Gasteiger partial charge in [-0.3, -0.25) is 9.97 Å². The molecule has 0 radical (unpaired) electrons. The maximum absolute atomic E-state index is 5.59. The molecular formula is C15H20N4O. The highest BCUT2D eigenvalue weighted by Gasteiger charge is 2.04. The molecule has 5 heteroatoms. The van der Waals surface area contributed by atoms with Gasteiger partial charge in [-0.05, 0) is 18.9 Å². The molecule has 0 spiro atoms. The molecule has 2 aromatic rings. The van der Waals surface area contributed by atoms with Crippen molar-refractivity contribution in [2.75, 3.05) is 18.5 Å². The third kappa shape index (κ3) is 3.91. The molecular weight excluding hydrogens is 252 g/mol. The van der Waals surface area contributed by atoms with Gasteiger partial charge in [0.15, 0.2) is 0 Å². The summed E-state index contributed by atoms with van der Waals surface area (Å²) in [6.07, 6.45) is 8.97. The van der Waals surface area contributed by atoms with Crippen LogP contribution in [0.2, 0.25) is 0 Å². The summed E-state index contributed by atoms with van der Waals surface area (Å²) in [5, 5.41) is 3.23. The lowest BCUT2D eigenvalue weighted by Gasteiger charge is -2.08. The lowest BCUT2D eigenvalue weighted by molar-refractivity contribution is 0.316. The van der Waals surface area contributed by atoms with Crippen LogP contribution in [0, 0.1) is 0 Å². The average molecular weight is 272 g/mol. The second-order valence-electron chi connectivity index (χ2n) is 4.47. The molecule has 1 N–H and O–H groups in total. The van der Waals surface area contributed by atoms with E-state index < -0.39 is 0 Å². The number of aromatic nitrogens is 3. The van der Waals surface area contributed by atoms with Crippen LogP contribution < -0.4 is 10.1 Å². The van der Waals surface area contributed by atoms with E-state index in [1.54, 1.807) is 24.8 Å². The lowest BCUT2D eigenvalue weighted by atomic mass is 10.2. The Morgan fingerprint density at radius 3 is 2.70 bits per heavy atom. The molecule has 0 bridgehead atoms. The fourth-order valence-corrected chi connectivity index (χ4v) is 1.70. The topological polar surface area (TPSA) is 59.9 Å². The first-order chi connectivity index (χ1) is 9.83. The van der Waals surface area contributed by atoms with Crippen molar-refractivity contribution >= 4 is 5.82 Å². The maximum Gasteiger partial charge on any atom is 0.145 e. The van der Waals surface area contributed by atoms with Gasteiger partial charge in [-0.25, -0.2) is 4.98 Å². The number of hydrogen-bond donors (Lipinski definition) is 1. The standard InChI is InChI=1S/C15H20N4O/c1-3-5-18-15-11-17-10-14(19-15)12-7-13(9-16-8-12)20-6-4-2/h7-11H,3-6H2,1-2H3,(H,18,19). The van der Waals surface area contributed by atoms with Gasteiger partial charge in [0.1, 0.15) is 11.6 Å². The van der Waals surface area contributed by atoms with E-state index >= 15 is 0 Å². The first-order valence-electron chi connectivity index (χ1n) is 6.97. The minimum Gasteiger partial charge on any atom is -0.492 e. The van der Waals surface area contributed by atoms with E-state index in [-0.39, 0.29) is 0 Å². The summed E-state index contributed by atoms with van der Waals surface area (Å²) in [4.78, 5) is 12.9. The van der Waals surface area contributed by atoms with E-state index in [4.69, 9.17) is 4.74 Å². The van der Waals surface area contributed by atoms with E-state index in [0.717, 1.165) is 42.2 Å². The number of nitrogens with zero attached hydrogens (tertiary/aromatic N) is 3. The molecule has 0 saturated carbocycles. The molecule has 5 nitrogen and oxygen atoms in total. The zero-order valence-electron chi connectivity index (χ0n) is 12.0. The second-order valence-corrected chi connectivity index (χ2v) is 4.47. The Balaban J connectivity index is 2.17. The van der Waals surface area contributed by atoms with Crippen molar-refractivity contribution in [1.82, 2.24) is 15.0 Å². The minimum absolute atomic E-state index is 0.689. The zero-order chi connectivity index (χ0) is 14.2. The van der Waals surface area contributed by atoms with Crippen LogP contribution in [0.4, 0.5) is 5.82 Å². The Morgan fingerprint density at radius 2 is 1.90 bits per heavy atom. The van der Waals surface area contributed by atoms with Crippen LogP contribution in [0.5, 0.6) is 5.75 Å². The van der Waals surface area contributed by atoms with Crippen molar-refractivity contribution in [3.05, 3.63) is 30.9 Å². The SMILES string of the molecule is CCCNc1cncc(-c2cncc(OCCC)c2)n1. The van der Waals surface area contributed by atoms with Crippen LogP contribution in [0.25, 0.3) is 11.3 Å². The van der Waals surface area contributed by atoms with Gasteiger partial charge in [-0.1, -0.05) is 13.8 Å². The molecule has 0 aliphatic carbocycles. The molecule has 0 unspecified atom stereocenters. The van der Waals surface area contributed by atoms with Crippen molar-refractivity contribution in [2.24, 2.45) is 0 Å². The molecule has 0 atom stereocenters. The largest absolute Gasteiger partial charge is 0.492 e. The fraction of sp³-hybridized carbons (Fsp3) is 0.400. The molecule has 0 aliphatic heterocycles. The van der Waals surface area contributed by atoms with Crippen LogP contribution in [0.1, 0.15) is 26.7 Å². The predicted molar refractivity (Wildman–Crippen MR) is 79.8 cm³/mol. The summed E-state index contributed by atoms with van der Waals surface area (Å²) in [6, 6.07) is 1.94. The fourth-order valence-electron chi connectivity index (χ4n) is 1.70. The number of ether oxygens (including phenoxy) is 1. The third-order valence-corrected chi connectivity index (χ3v) is 2.67. The van der Waals surface area contributed by atoms with Crippen molar-refractivity contribution in [3.8, 4) is 17.0 Å². The quantitative estimate of drug-likeness (QED) is 0.839. The minimum atomic E-state index is 0.689. The average Bonchev–Trinajstić information content (AvgIpc) is 2.51. The summed E-state index contributed by atoms with van der Waals surface area (Å²) in [6.45, 7) is 5.76. The molecule has 0 aliphatic rings. The maximum atomic E-state index is 5.59. The number of hydrogen-bond acceptors (Lipinski definition) is 5. The van der Waals surface area contributed by atoms with E-state index in [1.807, 2.05) is 6.07 Å². The Kier molecular flexibility index (Phi) is 5.29. The smallest absolute Gasteiger partial charge is 0.145 e.